The SMILES string of the molecule is C1=CCCC(N2C3=CCCCC3c3cc(-c4ccc5c(c4)C4C=CCCC4N5C4N=C(C5CC=CC6C7=C(CCC=C7)OC65)C5=CCCC=C5N4)ccc32)=C1. The van der Waals surface area contributed by atoms with E-state index in [9.17, 15) is 0 Å². The Bertz CT molecular complexity index is 2310. The Balaban J connectivity index is 0.914. The third kappa shape index (κ3) is 5.00. The van der Waals surface area contributed by atoms with Gasteiger partial charge in [0.1, 0.15) is 11.9 Å². The monoisotopic (exact) mass is 722 g/mol. The van der Waals surface area contributed by atoms with E-state index in [-0.39, 0.29) is 18.3 Å². The first-order chi connectivity index (χ1) is 27.3. The van der Waals surface area contributed by atoms with Crippen molar-refractivity contribution < 1.29 is 4.74 Å². The molecule has 6 aliphatic carbocycles. The van der Waals surface area contributed by atoms with E-state index in [0.717, 1.165) is 57.8 Å². The molecular formula is C50H50N4O. The van der Waals surface area contributed by atoms with Gasteiger partial charge in [-0.3, -0.25) is 0 Å². The fourth-order valence-electron chi connectivity index (χ4n) is 11.7. The number of fused-ring (bicyclic) bond motifs is 9. The van der Waals surface area contributed by atoms with Gasteiger partial charge in [0.2, 0.25) is 0 Å². The van der Waals surface area contributed by atoms with Gasteiger partial charge in [-0.1, -0.05) is 79.0 Å². The van der Waals surface area contributed by atoms with E-state index >= 15 is 0 Å². The number of allylic oxidation sites excluding steroid dienone is 14. The molecule has 0 saturated carbocycles. The van der Waals surface area contributed by atoms with E-state index in [1.54, 1.807) is 0 Å². The summed E-state index contributed by atoms with van der Waals surface area (Å²) in [6, 6.07) is 15.0. The number of rotatable bonds is 4. The molecule has 7 atom stereocenters. The van der Waals surface area contributed by atoms with E-state index in [0.29, 0.717) is 23.8 Å². The second kappa shape index (κ2) is 12.8. The summed E-state index contributed by atoms with van der Waals surface area (Å²) in [7, 11) is 0. The van der Waals surface area contributed by atoms with E-state index in [1.807, 2.05) is 0 Å². The molecule has 1 N–H and O–H groups in total. The molecule has 4 aliphatic heterocycles. The fourth-order valence-corrected chi connectivity index (χ4v) is 11.7. The van der Waals surface area contributed by atoms with Crippen LogP contribution in [0.25, 0.3) is 11.1 Å². The first-order valence-corrected chi connectivity index (χ1v) is 21.4. The lowest BCUT2D eigenvalue weighted by Gasteiger charge is -2.42. The molecule has 2 aromatic rings. The maximum Gasteiger partial charge on any atom is 0.197 e. The van der Waals surface area contributed by atoms with Gasteiger partial charge in [0.25, 0.3) is 0 Å². The van der Waals surface area contributed by atoms with Crippen molar-refractivity contribution in [3.8, 4) is 11.1 Å². The Hall–Kier alpha value is -5.03. The number of aliphatic imine (C=N–C) groups is 1. The quantitative estimate of drug-likeness (QED) is 0.319. The minimum atomic E-state index is -0.151. The highest BCUT2D eigenvalue weighted by Gasteiger charge is 2.48. The van der Waals surface area contributed by atoms with Gasteiger partial charge in [-0.15, -0.1) is 0 Å². The molecule has 4 heterocycles. The van der Waals surface area contributed by atoms with Crippen LogP contribution in [-0.4, -0.2) is 24.1 Å². The van der Waals surface area contributed by atoms with Crippen LogP contribution in [0.5, 0.6) is 0 Å². The summed E-state index contributed by atoms with van der Waals surface area (Å²) < 4.78 is 6.86. The van der Waals surface area contributed by atoms with Crippen molar-refractivity contribution in [1.29, 1.82) is 0 Å². The molecule has 276 valence electrons. The van der Waals surface area contributed by atoms with Crippen molar-refractivity contribution in [1.82, 2.24) is 5.32 Å². The summed E-state index contributed by atoms with van der Waals surface area (Å²) in [4.78, 5) is 11.0. The summed E-state index contributed by atoms with van der Waals surface area (Å²) >= 11 is 0. The minimum Gasteiger partial charge on any atom is -0.493 e. The van der Waals surface area contributed by atoms with E-state index < -0.39 is 0 Å². The predicted octanol–water partition coefficient (Wildman–Crippen LogP) is 11.3. The van der Waals surface area contributed by atoms with Gasteiger partial charge in [-0.25, -0.2) is 4.99 Å². The number of hydrogen-bond acceptors (Lipinski definition) is 5. The van der Waals surface area contributed by atoms with Crippen molar-refractivity contribution in [2.75, 3.05) is 9.80 Å². The zero-order valence-electron chi connectivity index (χ0n) is 31.7. The average molecular weight is 723 g/mol. The summed E-state index contributed by atoms with van der Waals surface area (Å²) in [6.07, 6.45) is 42.0. The zero-order valence-corrected chi connectivity index (χ0v) is 31.7. The van der Waals surface area contributed by atoms with Gasteiger partial charge >= 0.3 is 0 Å². The van der Waals surface area contributed by atoms with Gasteiger partial charge in [-0.05, 0) is 123 Å². The molecule has 10 aliphatic rings. The van der Waals surface area contributed by atoms with Crippen LogP contribution >= 0.6 is 0 Å². The van der Waals surface area contributed by atoms with Crippen LogP contribution in [-0.2, 0) is 4.74 Å². The predicted molar refractivity (Wildman–Crippen MR) is 224 cm³/mol. The standard InChI is InChI=1S/C50H50N4O/c1-2-13-33(14-3-1)53-43-22-9-5-15-34(43)40-29-31(25-27-45(40)53)32-26-28-46-41(30-32)35-16-6-10-23-44(35)54(46)50-51-42-21-8-4-18-38(42)48(52-50)39-20-12-19-37-36-17-7-11-24-47(36)55-49(37)39/h1-2,6-7,12-13,16-19,21-22,25-30,34-35,37,39,44,49-51H,3-5,8-11,14-15,20,23-24H2. The van der Waals surface area contributed by atoms with Crippen molar-refractivity contribution in [3.05, 3.63) is 154 Å². The number of nitrogens with zero attached hydrogens (tertiary/aromatic N) is 3. The summed E-state index contributed by atoms with van der Waals surface area (Å²) in [5, 5.41) is 3.99. The molecule has 55 heavy (non-hydrogen) atoms. The van der Waals surface area contributed by atoms with Gasteiger partial charge < -0.3 is 19.9 Å². The third-order valence-corrected chi connectivity index (χ3v) is 14.2. The summed E-state index contributed by atoms with van der Waals surface area (Å²) in [6.45, 7) is 0. The largest absolute Gasteiger partial charge is 0.493 e. The van der Waals surface area contributed by atoms with Gasteiger partial charge in [0.05, 0.1) is 5.71 Å². The van der Waals surface area contributed by atoms with Crippen molar-refractivity contribution >= 4 is 17.1 Å². The Morgan fingerprint density at radius 2 is 1.64 bits per heavy atom. The highest BCUT2D eigenvalue weighted by Crippen LogP contribution is 2.53. The maximum absolute atomic E-state index is 6.86. The van der Waals surface area contributed by atoms with E-state index in [1.165, 1.54) is 92.6 Å². The van der Waals surface area contributed by atoms with Crippen LogP contribution < -0.4 is 15.1 Å². The third-order valence-electron chi connectivity index (χ3n) is 14.2. The van der Waals surface area contributed by atoms with Crippen molar-refractivity contribution in [3.63, 3.8) is 0 Å². The van der Waals surface area contributed by atoms with Crippen LogP contribution in [0.2, 0.25) is 0 Å². The van der Waals surface area contributed by atoms with Crippen molar-refractivity contribution in [2.45, 2.75) is 107 Å². The second-order valence-electron chi connectivity index (χ2n) is 17.2. The molecule has 12 rings (SSSR count). The highest BCUT2D eigenvalue weighted by molar-refractivity contribution is 6.07. The Morgan fingerprint density at radius 1 is 0.764 bits per heavy atom. The number of hydrogen-bond donors (Lipinski definition) is 1. The molecule has 0 fully saturated rings. The minimum absolute atomic E-state index is 0.119. The molecule has 0 saturated heterocycles. The first-order valence-electron chi connectivity index (χ1n) is 21.4. The number of benzene rings is 2. The molecule has 7 unspecified atom stereocenters. The van der Waals surface area contributed by atoms with Crippen LogP contribution in [0, 0.1) is 11.8 Å². The fraction of sp³-hybridized carbons (Fsp3) is 0.380. The number of nitrogens with one attached hydrogen (secondary N) is 1. The van der Waals surface area contributed by atoms with Gasteiger partial charge in [0, 0.05) is 75.7 Å². The normalized spacial score (nSPS) is 32.1. The molecule has 0 amide bonds. The van der Waals surface area contributed by atoms with Gasteiger partial charge in [0.15, 0.2) is 6.29 Å². The smallest absolute Gasteiger partial charge is 0.197 e. The molecule has 0 aromatic heterocycles. The highest BCUT2D eigenvalue weighted by atomic mass is 16.5. The van der Waals surface area contributed by atoms with Gasteiger partial charge in [-0.2, -0.15) is 0 Å². The van der Waals surface area contributed by atoms with Crippen LogP contribution in [0.1, 0.15) is 100 Å². The van der Waals surface area contributed by atoms with E-state index in [4.69, 9.17) is 9.73 Å². The van der Waals surface area contributed by atoms with Crippen LogP contribution in [0.3, 0.4) is 0 Å². The first kappa shape index (κ1) is 32.2. The Labute approximate surface area is 325 Å². The molecule has 0 bridgehead atoms. The topological polar surface area (TPSA) is 40.1 Å². The summed E-state index contributed by atoms with van der Waals surface area (Å²) in [5.41, 5.74) is 16.5. The Morgan fingerprint density at radius 3 is 2.56 bits per heavy atom. The Kier molecular flexibility index (Phi) is 7.48. The van der Waals surface area contributed by atoms with Crippen molar-refractivity contribution in [2.24, 2.45) is 16.8 Å². The second-order valence-corrected chi connectivity index (χ2v) is 17.2. The van der Waals surface area contributed by atoms with E-state index in [2.05, 4.69) is 124 Å². The maximum atomic E-state index is 6.86. The van der Waals surface area contributed by atoms with Crippen LogP contribution in [0.4, 0.5) is 11.4 Å². The number of anilines is 2. The molecule has 5 heteroatoms. The number of ether oxygens (including phenoxy) is 1. The summed E-state index contributed by atoms with van der Waals surface area (Å²) in [5.74, 6) is 2.62. The van der Waals surface area contributed by atoms with Crippen LogP contribution in [0.15, 0.2) is 148 Å². The molecule has 2 aromatic carbocycles. The molecule has 0 radical (unpaired) electrons. The lowest BCUT2D eigenvalue weighted by atomic mass is 9.75. The molecule has 0 spiro atoms. The molecular weight excluding hydrogens is 673 g/mol. The molecule has 5 nitrogen and oxygen atoms in total. The zero-order chi connectivity index (χ0) is 36.0. The average Bonchev–Trinajstić information content (AvgIpc) is 3.91. The lowest BCUT2D eigenvalue weighted by Crippen LogP contribution is -2.53. The lowest BCUT2D eigenvalue weighted by molar-refractivity contribution is 0.0858.